The van der Waals surface area contributed by atoms with Crippen molar-refractivity contribution in [2.24, 2.45) is 23.2 Å². The number of nitrogens with one attached hydrogen (secondary N) is 2. The lowest BCUT2D eigenvalue weighted by Crippen LogP contribution is -2.56. The van der Waals surface area contributed by atoms with Crippen LogP contribution in [0.2, 0.25) is 0 Å². The first-order chi connectivity index (χ1) is 14.9. The van der Waals surface area contributed by atoms with Gasteiger partial charge in [0.05, 0.1) is 24.0 Å². The molecule has 0 saturated heterocycles. The zero-order valence-corrected chi connectivity index (χ0v) is 18.7. The molecule has 1 heterocycles. The lowest BCUT2D eigenvalue weighted by atomic mass is 9.48. The van der Waals surface area contributed by atoms with Crippen LogP contribution in [0.3, 0.4) is 0 Å². The number of benzene rings is 1. The van der Waals surface area contributed by atoms with Gasteiger partial charge in [0.2, 0.25) is 5.91 Å². The number of amides is 1. The van der Waals surface area contributed by atoms with Crippen molar-refractivity contribution in [3.05, 3.63) is 40.4 Å². The van der Waals surface area contributed by atoms with Crippen LogP contribution in [0.1, 0.15) is 58.2 Å². The second kappa shape index (κ2) is 8.05. The van der Waals surface area contributed by atoms with Crippen LogP contribution in [0.15, 0.2) is 29.1 Å². The van der Waals surface area contributed by atoms with Crippen LogP contribution in [0.5, 0.6) is 0 Å². The minimum atomic E-state index is -0.128. The Hall–Kier alpha value is -2.21. The molecule has 4 saturated carbocycles. The molecule has 2 aromatic rings. The second-order valence-corrected chi connectivity index (χ2v) is 10.4. The minimum absolute atomic E-state index is 0.0771. The van der Waals surface area contributed by atoms with Crippen LogP contribution in [0, 0.1) is 23.2 Å². The molecule has 4 aliphatic rings. The largest absolute Gasteiger partial charge is 0.352 e. The highest BCUT2D eigenvalue weighted by Crippen LogP contribution is 2.61. The SMILES string of the molecule is CCN(CC(=O)N[C@@H](C)C12CC3CC(CC(C3)C1)C2)Cc1nc2ccccc2c(=O)[nH]1. The molecular weight excluding hydrogens is 388 g/mol. The topological polar surface area (TPSA) is 78.1 Å². The Kier molecular flexibility index (Phi) is 5.37. The Morgan fingerprint density at radius 1 is 1.19 bits per heavy atom. The highest BCUT2D eigenvalue weighted by atomic mass is 16.2. The van der Waals surface area contributed by atoms with Crippen molar-refractivity contribution in [2.45, 2.75) is 65.0 Å². The van der Waals surface area contributed by atoms with Crippen LogP contribution in [-0.2, 0) is 11.3 Å². The highest BCUT2D eigenvalue weighted by Gasteiger charge is 2.53. The molecule has 0 unspecified atom stereocenters. The van der Waals surface area contributed by atoms with E-state index < -0.39 is 0 Å². The average molecular weight is 423 g/mol. The number of likely N-dealkylation sites (N-methyl/N-ethyl adjacent to an activating group) is 1. The third kappa shape index (κ3) is 4.02. The van der Waals surface area contributed by atoms with Gasteiger partial charge in [0, 0.05) is 6.04 Å². The summed E-state index contributed by atoms with van der Waals surface area (Å²) < 4.78 is 0. The predicted molar refractivity (Wildman–Crippen MR) is 122 cm³/mol. The quantitative estimate of drug-likeness (QED) is 0.716. The van der Waals surface area contributed by atoms with Gasteiger partial charge in [0.1, 0.15) is 5.82 Å². The van der Waals surface area contributed by atoms with E-state index in [-0.39, 0.29) is 17.5 Å². The van der Waals surface area contributed by atoms with E-state index in [0.29, 0.717) is 35.2 Å². The van der Waals surface area contributed by atoms with Gasteiger partial charge in [-0.05, 0) is 87.3 Å². The number of nitrogens with zero attached hydrogens (tertiary/aromatic N) is 2. The third-order valence-corrected chi connectivity index (χ3v) is 8.23. The first-order valence-corrected chi connectivity index (χ1v) is 11.9. The molecule has 4 fully saturated rings. The molecule has 1 aromatic heterocycles. The number of fused-ring (bicyclic) bond motifs is 1. The minimum Gasteiger partial charge on any atom is -0.352 e. The van der Waals surface area contributed by atoms with Crippen LogP contribution >= 0.6 is 0 Å². The monoisotopic (exact) mass is 422 g/mol. The average Bonchev–Trinajstić information content (AvgIpc) is 2.72. The summed E-state index contributed by atoms with van der Waals surface area (Å²) >= 11 is 0. The third-order valence-electron chi connectivity index (χ3n) is 8.23. The number of H-pyrrole nitrogens is 1. The Morgan fingerprint density at radius 2 is 1.84 bits per heavy atom. The number of rotatable bonds is 7. The van der Waals surface area contributed by atoms with E-state index in [1.54, 1.807) is 6.07 Å². The van der Waals surface area contributed by atoms with Crippen molar-refractivity contribution in [2.75, 3.05) is 13.1 Å². The van der Waals surface area contributed by atoms with E-state index >= 15 is 0 Å². The molecule has 2 N–H and O–H groups in total. The first-order valence-electron chi connectivity index (χ1n) is 11.9. The van der Waals surface area contributed by atoms with E-state index in [4.69, 9.17) is 0 Å². The fraction of sp³-hybridized carbons (Fsp3) is 0.640. The summed E-state index contributed by atoms with van der Waals surface area (Å²) in [4.78, 5) is 34.8. The van der Waals surface area contributed by atoms with E-state index in [0.717, 1.165) is 24.3 Å². The zero-order valence-electron chi connectivity index (χ0n) is 18.7. The van der Waals surface area contributed by atoms with Crippen LogP contribution in [0.4, 0.5) is 0 Å². The van der Waals surface area contributed by atoms with Crippen molar-refractivity contribution in [3.8, 4) is 0 Å². The molecule has 0 radical (unpaired) electrons. The van der Waals surface area contributed by atoms with Gasteiger partial charge in [-0.25, -0.2) is 4.98 Å². The summed E-state index contributed by atoms with van der Waals surface area (Å²) in [7, 11) is 0. The molecule has 4 bridgehead atoms. The molecule has 1 atom stereocenters. The van der Waals surface area contributed by atoms with E-state index in [2.05, 4.69) is 22.2 Å². The van der Waals surface area contributed by atoms with Gasteiger partial charge in [0.15, 0.2) is 0 Å². The van der Waals surface area contributed by atoms with Gasteiger partial charge in [0.25, 0.3) is 5.56 Å². The van der Waals surface area contributed by atoms with Gasteiger partial charge in [-0.15, -0.1) is 0 Å². The van der Waals surface area contributed by atoms with E-state index in [1.165, 1.54) is 38.5 Å². The van der Waals surface area contributed by atoms with Gasteiger partial charge >= 0.3 is 0 Å². The van der Waals surface area contributed by atoms with Gasteiger partial charge in [-0.2, -0.15) is 0 Å². The Bertz CT molecular complexity index is 994. The first kappa shape index (κ1) is 20.7. The molecule has 4 aliphatic carbocycles. The number of hydrogen-bond donors (Lipinski definition) is 2. The van der Waals surface area contributed by atoms with Crippen LogP contribution in [-0.4, -0.2) is 39.9 Å². The smallest absolute Gasteiger partial charge is 0.258 e. The summed E-state index contributed by atoms with van der Waals surface area (Å²) in [5.41, 5.74) is 0.876. The molecule has 0 spiro atoms. The maximum Gasteiger partial charge on any atom is 0.258 e. The summed E-state index contributed by atoms with van der Waals surface area (Å²) in [5.74, 6) is 3.33. The number of aromatic nitrogens is 2. The molecule has 6 rings (SSSR count). The Balaban J connectivity index is 1.23. The summed E-state index contributed by atoms with van der Waals surface area (Å²) in [6, 6.07) is 7.58. The maximum atomic E-state index is 12.9. The number of carbonyl (C=O) groups is 1. The number of hydrogen-bond acceptors (Lipinski definition) is 4. The molecule has 6 heteroatoms. The highest BCUT2D eigenvalue weighted by molar-refractivity contribution is 5.78. The lowest BCUT2D eigenvalue weighted by molar-refractivity contribution is -0.127. The molecule has 1 aromatic carbocycles. The number of carbonyl (C=O) groups excluding carboxylic acids is 1. The van der Waals surface area contributed by atoms with Crippen molar-refractivity contribution >= 4 is 16.8 Å². The normalized spacial score (nSPS) is 30.1. The lowest BCUT2D eigenvalue weighted by Gasteiger charge is -2.59. The van der Waals surface area contributed by atoms with Gasteiger partial charge in [-0.3, -0.25) is 14.5 Å². The van der Waals surface area contributed by atoms with Gasteiger partial charge in [-0.1, -0.05) is 19.1 Å². The van der Waals surface area contributed by atoms with Crippen molar-refractivity contribution < 1.29 is 4.79 Å². The molecular formula is C25H34N4O2. The molecule has 6 nitrogen and oxygen atoms in total. The second-order valence-electron chi connectivity index (χ2n) is 10.4. The Labute approximate surface area is 183 Å². The van der Waals surface area contributed by atoms with Crippen LogP contribution < -0.4 is 10.9 Å². The van der Waals surface area contributed by atoms with Crippen molar-refractivity contribution in [3.63, 3.8) is 0 Å². The fourth-order valence-corrected chi connectivity index (χ4v) is 7.05. The number of para-hydroxylation sites is 1. The summed E-state index contributed by atoms with van der Waals surface area (Å²) in [6.07, 6.45) is 8.13. The van der Waals surface area contributed by atoms with E-state index in [9.17, 15) is 9.59 Å². The molecule has 1 amide bonds. The Morgan fingerprint density at radius 3 is 2.48 bits per heavy atom. The molecule has 31 heavy (non-hydrogen) atoms. The zero-order chi connectivity index (χ0) is 21.6. The number of aromatic amines is 1. The molecule has 0 aliphatic heterocycles. The predicted octanol–water partition coefficient (Wildman–Crippen LogP) is 3.47. The summed E-state index contributed by atoms with van der Waals surface area (Å²) in [5, 5.41) is 3.95. The maximum absolute atomic E-state index is 12.9. The van der Waals surface area contributed by atoms with Gasteiger partial charge < -0.3 is 10.3 Å². The standard InChI is InChI=1S/C25H34N4O2/c1-3-29(14-22-27-21-7-5-4-6-20(21)24(31)28-22)15-23(30)26-16(2)25-11-17-8-18(12-25)10-19(9-17)13-25/h4-7,16-19H,3,8-15H2,1-2H3,(H,26,30)(H,27,28,31)/t16-,17?,18?,19?,25?/m0/s1. The van der Waals surface area contributed by atoms with Crippen LogP contribution in [0.25, 0.3) is 10.9 Å². The summed E-state index contributed by atoms with van der Waals surface area (Å²) in [6.45, 7) is 5.76. The van der Waals surface area contributed by atoms with Crippen molar-refractivity contribution in [1.29, 1.82) is 0 Å². The van der Waals surface area contributed by atoms with E-state index in [1.807, 2.05) is 30.0 Å². The van der Waals surface area contributed by atoms with Crippen molar-refractivity contribution in [1.82, 2.24) is 20.2 Å². The fourth-order valence-electron chi connectivity index (χ4n) is 7.05. The molecule has 166 valence electrons.